The molecule has 0 bridgehead atoms. The maximum Gasteiger partial charge on any atom is 0.279 e. The van der Waals surface area contributed by atoms with E-state index in [9.17, 15) is 9.59 Å². The third kappa shape index (κ3) is 7.56. The van der Waals surface area contributed by atoms with Crippen molar-refractivity contribution in [3.8, 4) is 0 Å². The smallest absolute Gasteiger partial charge is 0.279 e. The normalized spacial score (nSPS) is 12.6. The molecule has 5 nitrogen and oxygen atoms in total. The molecule has 0 radical (unpaired) electrons. The lowest BCUT2D eigenvalue weighted by Crippen LogP contribution is -3.14. The predicted octanol–water partition coefficient (Wildman–Crippen LogP) is 1.21. The Morgan fingerprint density at radius 3 is 2.14 bits per heavy atom. The van der Waals surface area contributed by atoms with Crippen molar-refractivity contribution in [2.75, 3.05) is 25.0 Å². The van der Waals surface area contributed by atoms with Crippen molar-refractivity contribution in [3.05, 3.63) is 28.7 Å². The van der Waals surface area contributed by atoms with Crippen LogP contribution in [0.25, 0.3) is 0 Å². The zero-order valence-corrected chi connectivity index (χ0v) is 15.2. The molecule has 122 valence electrons. The van der Waals surface area contributed by atoms with Gasteiger partial charge in [0.15, 0.2) is 13.1 Å². The molecule has 6 heteroatoms. The molecule has 0 aliphatic carbocycles. The van der Waals surface area contributed by atoms with Crippen LogP contribution in [-0.4, -0.2) is 37.0 Å². The first-order valence-electron chi connectivity index (χ1n) is 7.39. The average molecular weight is 371 g/mol. The van der Waals surface area contributed by atoms with Crippen LogP contribution in [0.2, 0.25) is 0 Å². The third-order valence-electron chi connectivity index (χ3n) is 2.96. The Labute approximate surface area is 140 Å². The van der Waals surface area contributed by atoms with Crippen molar-refractivity contribution in [2.45, 2.75) is 33.2 Å². The molecule has 0 fully saturated rings. The standard InChI is InChI=1S/C16H24BrN3O2/c1-5-20(11-15(22)19-16(2,3)4)10-14(21)18-13-8-6-12(17)7-9-13/h6-9H,5,10-11H2,1-4H3,(H,18,21)(H,19,22)/p+1. The van der Waals surface area contributed by atoms with E-state index < -0.39 is 0 Å². The van der Waals surface area contributed by atoms with E-state index in [0.717, 1.165) is 15.1 Å². The highest BCUT2D eigenvalue weighted by molar-refractivity contribution is 9.10. The van der Waals surface area contributed by atoms with Crippen LogP contribution in [0.1, 0.15) is 27.7 Å². The Morgan fingerprint density at radius 2 is 1.64 bits per heavy atom. The summed E-state index contributed by atoms with van der Waals surface area (Å²) in [5.41, 5.74) is 0.498. The first-order valence-corrected chi connectivity index (χ1v) is 8.19. The van der Waals surface area contributed by atoms with Gasteiger partial charge in [-0.25, -0.2) is 0 Å². The van der Waals surface area contributed by atoms with Gasteiger partial charge in [0.1, 0.15) is 0 Å². The van der Waals surface area contributed by atoms with E-state index in [1.54, 1.807) is 0 Å². The van der Waals surface area contributed by atoms with Crippen molar-refractivity contribution >= 4 is 33.4 Å². The monoisotopic (exact) mass is 370 g/mol. The number of carbonyl (C=O) groups excluding carboxylic acids is 2. The van der Waals surface area contributed by atoms with Crippen molar-refractivity contribution in [2.24, 2.45) is 0 Å². The molecule has 1 aromatic rings. The molecule has 1 unspecified atom stereocenters. The van der Waals surface area contributed by atoms with E-state index in [1.165, 1.54) is 0 Å². The number of hydrogen-bond donors (Lipinski definition) is 3. The number of rotatable bonds is 6. The summed E-state index contributed by atoms with van der Waals surface area (Å²) in [5.74, 6) is -0.136. The van der Waals surface area contributed by atoms with Crippen LogP contribution in [-0.2, 0) is 9.59 Å². The summed E-state index contributed by atoms with van der Waals surface area (Å²) in [6.07, 6.45) is 0. The lowest BCUT2D eigenvalue weighted by molar-refractivity contribution is -0.881. The topological polar surface area (TPSA) is 62.6 Å². The van der Waals surface area contributed by atoms with Crippen LogP contribution in [0.5, 0.6) is 0 Å². The third-order valence-corrected chi connectivity index (χ3v) is 3.49. The number of hydrogen-bond acceptors (Lipinski definition) is 2. The van der Waals surface area contributed by atoms with Crippen LogP contribution in [0, 0.1) is 0 Å². The maximum atomic E-state index is 12.1. The highest BCUT2D eigenvalue weighted by Gasteiger charge is 2.20. The molecule has 0 aromatic heterocycles. The fraction of sp³-hybridized carbons (Fsp3) is 0.500. The van der Waals surface area contributed by atoms with E-state index >= 15 is 0 Å². The highest BCUT2D eigenvalue weighted by atomic mass is 79.9. The number of amides is 2. The Kier molecular flexibility index (Phi) is 7.03. The molecule has 1 rings (SSSR count). The van der Waals surface area contributed by atoms with Crippen molar-refractivity contribution in [1.29, 1.82) is 0 Å². The number of carbonyl (C=O) groups is 2. The van der Waals surface area contributed by atoms with Crippen LogP contribution < -0.4 is 15.5 Å². The van der Waals surface area contributed by atoms with E-state index in [-0.39, 0.29) is 23.9 Å². The second kappa shape index (κ2) is 8.29. The van der Waals surface area contributed by atoms with Crippen LogP contribution in [0.3, 0.4) is 0 Å². The first kappa shape index (κ1) is 18.6. The number of benzene rings is 1. The Hall–Kier alpha value is -1.40. The molecule has 0 aliphatic heterocycles. The molecule has 1 aromatic carbocycles. The molecule has 0 spiro atoms. The minimum Gasteiger partial charge on any atom is -0.347 e. The number of likely N-dealkylation sites (N-methyl/N-ethyl adjacent to an activating group) is 1. The summed E-state index contributed by atoms with van der Waals surface area (Å²) in [6, 6.07) is 7.41. The fourth-order valence-corrected chi connectivity index (χ4v) is 2.23. The van der Waals surface area contributed by atoms with Gasteiger partial charge < -0.3 is 15.5 Å². The zero-order valence-electron chi connectivity index (χ0n) is 13.6. The Morgan fingerprint density at radius 1 is 1.09 bits per heavy atom. The quantitative estimate of drug-likeness (QED) is 0.704. The number of halogens is 1. The lowest BCUT2D eigenvalue weighted by Gasteiger charge is -2.23. The highest BCUT2D eigenvalue weighted by Crippen LogP contribution is 2.13. The van der Waals surface area contributed by atoms with Gasteiger partial charge in [-0.15, -0.1) is 0 Å². The van der Waals surface area contributed by atoms with E-state index in [4.69, 9.17) is 0 Å². The van der Waals surface area contributed by atoms with Crippen molar-refractivity contribution in [3.63, 3.8) is 0 Å². The molecular formula is C16H25BrN3O2+. The Bertz CT molecular complexity index is 509. The van der Waals surface area contributed by atoms with Gasteiger partial charge in [0.2, 0.25) is 0 Å². The maximum absolute atomic E-state index is 12.1. The van der Waals surface area contributed by atoms with Crippen molar-refractivity contribution < 1.29 is 14.5 Å². The summed E-state index contributed by atoms with van der Waals surface area (Å²) in [7, 11) is 0. The van der Waals surface area contributed by atoms with Crippen LogP contribution in [0.15, 0.2) is 28.7 Å². The van der Waals surface area contributed by atoms with Crippen molar-refractivity contribution in [1.82, 2.24) is 5.32 Å². The minimum atomic E-state index is -0.254. The summed E-state index contributed by atoms with van der Waals surface area (Å²) in [4.78, 5) is 24.9. The first-order chi connectivity index (χ1) is 10.2. The molecule has 0 saturated heterocycles. The van der Waals surface area contributed by atoms with Gasteiger partial charge in [-0.3, -0.25) is 9.59 Å². The number of quaternary nitrogens is 1. The Balaban J connectivity index is 2.49. The van der Waals surface area contributed by atoms with Gasteiger partial charge in [-0.05, 0) is 52.0 Å². The number of nitrogens with one attached hydrogen (secondary N) is 3. The summed E-state index contributed by atoms with van der Waals surface area (Å²) in [5, 5.41) is 5.76. The van der Waals surface area contributed by atoms with Gasteiger partial charge in [0, 0.05) is 15.7 Å². The molecule has 1 atom stereocenters. The van der Waals surface area contributed by atoms with E-state index in [2.05, 4.69) is 26.6 Å². The van der Waals surface area contributed by atoms with Gasteiger partial charge in [-0.1, -0.05) is 15.9 Å². The van der Waals surface area contributed by atoms with Gasteiger partial charge in [-0.2, -0.15) is 0 Å². The minimum absolute atomic E-state index is 0.0409. The van der Waals surface area contributed by atoms with Crippen LogP contribution >= 0.6 is 15.9 Å². The molecule has 3 N–H and O–H groups in total. The van der Waals surface area contributed by atoms with Gasteiger partial charge in [0.05, 0.1) is 6.54 Å². The second-order valence-electron chi connectivity index (χ2n) is 6.31. The molecular weight excluding hydrogens is 346 g/mol. The SMILES string of the molecule is CC[NH+](CC(=O)Nc1ccc(Br)cc1)CC(=O)NC(C)(C)C. The predicted molar refractivity (Wildman–Crippen MR) is 91.9 cm³/mol. The molecule has 0 heterocycles. The van der Waals surface area contributed by atoms with Crippen LogP contribution in [0.4, 0.5) is 5.69 Å². The molecule has 0 saturated carbocycles. The lowest BCUT2D eigenvalue weighted by atomic mass is 10.1. The number of anilines is 1. The molecule has 0 aliphatic rings. The molecule has 2 amide bonds. The zero-order chi connectivity index (χ0) is 16.8. The molecule has 22 heavy (non-hydrogen) atoms. The summed E-state index contributed by atoms with van der Waals surface area (Å²) < 4.78 is 0.963. The van der Waals surface area contributed by atoms with Gasteiger partial charge >= 0.3 is 0 Å². The fourth-order valence-electron chi connectivity index (χ4n) is 1.97. The largest absolute Gasteiger partial charge is 0.347 e. The van der Waals surface area contributed by atoms with E-state index in [1.807, 2.05) is 52.0 Å². The second-order valence-corrected chi connectivity index (χ2v) is 7.23. The van der Waals surface area contributed by atoms with Gasteiger partial charge in [0.25, 0.3) is 11.8 Å². The van der Waals surface area contributed by atoms with E-state index in [0.29, 0.717) is 13.1 Å². The summed E-state index contributed by atoms with van der Waals surface area (Å²) >= 11 is 3.35. The average Bonchev–Trinajstić information content (AvgIpc) is 2.38. The summed E-state index contributed by atoms with van der Waals surface area (Å²) in [6.45, 7) is 9.06.